The first-order valence-corrected chi connectivity index (χ1v) is 6.96. The first kappa shape index (κ1) is 8.59. The van der Waals surface area contributed by atoms with Gasteiger partial charge in [-0.15, -0.1) is 22.2 Å². The van der Waals surface area contributed by atoms with Crippen LogP contribution in [0.15, 0.2) is 28.7 Å². The molecule has 0 nitrogen and oxygen atoms in total. The fourth-order valence-corrected chi connectivity index (χ4v) is 3.65. The summed E-state index contributed by atoms with van der Waals surface area (Å²) in [6.45, 7) is 0. The highest BCUT2D eigenvalue weighted by Gasteiger charge is 2.09. The van der Waals surface area contributed by atoms with Gasteiger partial charge >= 0.3 is 7.42 Å². The maximum atomic E-state index is 5.75. The maximum absolute atomic E-state index is 5.75. The molecule has 0 aliphatic carbocycles. The summed E-state index contributed by atoms with van der Waals surface area (Å²) in [6, 6.07) is 7.73. The van der Waals surface area contributed by atoms with Gasteiger partial charge in [-0.25, -0.2) is 0 Å². The Balaban J connectivity index is 3.03. The van der Waals surface area contributed by atoms with Crippen molar-refractivity contribution in [2.45, 2.75) is 0 Å². The molecule has 0 saturated heterocycles. The molecular formula is C6H4BrCl2Si. The lowest BCUT2D eigenvalue weighted by atomic mass is 10.4. The summed E-state index contributed by atoms with van der Waals surface area (Å²) in [4.78, 5) is 0. The monoisotopic (exact) mass is 253 g/mol. The van der Waals surface area contributed by atoms with E-state index in [9.17, 15) is 0 Å². The van der Waals surface area contributed by atoms with Crippen molar-refractivity contribution >= 4 is 50.7 Å². The van der Waals surface area contributed by atoms with Gasteiger partial charge in [0.05, 0.1) is 0 Å². The van der Waals surface area contributed by atoms with E-state index in [0.29, 0.717) is 0 Å². The quantitative estimate of drug-likeness (QED) is 0.534. The summed E-state index contributed by atoms with van der Waals surface area (Å²) in [6.07, 6.45) is 0. The van der Waals surface area contributed by atoms with E-state index in [1.165, 1.54) is 0 Å². The van der Waals surface area contributed by atoms with Crippen molar-refractivity contribution in [2.75, 3.05) is 0 Å². The molecule has 0 unspecified atom stereocenters. The van der Waals surface area contributed by atoms with Gasteiger partial charge in [-0.05, 0) is 11.3 Å². The third-order valence-corrected chi connectivity index (χ3v) is 4.20. The summed E-state index contributed by atoms with van der Waals surface area (Å²) in [5.41, 5.74) is 0. The molecule has 0 heterocycles. The Morgan fingerprint density at radius 2 is 1.80 bits per heavy atom. The van der Waals surface area contributed by atoms with Crippen LogP contribution in [0, 0.1) is 0 Å². The summed E-state index contributed by atoms with van der Waals surface area (Å²) < 4.78 is 0.994. The van der Waals surface area contributed by atoms with Gasteiger partial charge in [-0.2, -0.15) is 0 Å². The smallest absolute Gasteiger partial charge is 0.140 e. The van der Waals surface area contributed by atoms with Crippen molar-refractivity contribution in [1.29, 1.82) is 0 Å². The third kappa shape index (κ3) is 1.99. The van der Waals surface area contributed by atoms with Crippen LogP contribution in [0.2, 0.25) is 0 Å². The van der Waals surface area contributed by atoms with Gasteiger partial charge < -0.3 is 0 Å². The largest absolute Gasteiger partial charge is 0.308 e. The molecule has 53 valence electrons. The van der Waals surface area contributed by atoms with Crippen LogP contribution >= 0.6 is 38.1 Å². The minimum Gasteiger partial charge on any atom is -0.140 e. The Labute approximate surface area is 79.3 Å². The van der Waals surface area contributed by atoms with Crippen LogP contribution in [-0.2, 0) is 0 Å². The standard InChI is InChI=1S/C6H4BrCl2Si/c7-5-3-1-2-4-6(5)10(8)9/h1-4H. The van der Waals surface area contributed by atoms with Crippen LogP contribution in [-0.4, -0.2) is 7.42 Å². The highest BCUT2D eigenvalue weighted by atomic mass is 79.9. The number of halogens is 3. The molecule has 1 rings (SSSR count). The molecule has 0 aliphatic rings. The normalized spacial score (nSPS) is 10.4. The first-order valence-electron chi connectivity index (χ1n) is 2.64. The zero-order valence-electron chi connectivity index (χ0n) is 4.94. The first-order chi connectivity index (χ1) is 4.72. The Morgan fingerprint density at radius 1 is 1.20 bits per heavy atom. The van der Waals surface area contributed by atoms with Gasteiger partial charge in [0.25, 0.3) is 0 Å². The van der Waals surface area contributed by atoms with Crippen LogP contribution in [0.25, 0.3) is 0 Å². The van der Waals surface area contributed by atoms with E-state index in [-0.39, 0.29) is 0 Å². The average molecular weight is 255 g/mol. The second-order valence-corrected chi connectivity index (χ2v) is 6.50. The average Bonchev–Trinajstić information content (AvgIpc) is 1.88. The minimum absolute atomic E-state index is 0.994. The molecular weight excluding hydrogens is 251 g/mol. The molecule has 0 aromatic heterocycles. The molecule has 0 aliphatic heterocycles. The van der Waals surface area contributed by atoms with E-state index >= 15 is 0 Å². The van der Waals surface area contributed by atoms with Crippen molar-refractivity contribution in [3.8, 4) is 0 Å². The highest BCUT2D eigenvalue weighted by Crippen LogP contribution is 2.09. The van der Waals surface area contributed by atoms with E-state index in [2.05, 4.69) is 15.9 Å². The molecule has 1 aromatic rings. The second kappa shape index (κ2) is 3.76. The van der Waals surface area contributed by atoms with Crippen LogP contribution < -0.4 is 5.19 Å². The van der Waals surface area contributed by atoms with Gasteiger partial charge in [0.15, 0.2) is 0 Å². The molecule has 0 N–H and O–H groups in total. The van der Waals surface area contributed by atoms with Crippen molar-refractivity contribution < 1.29 is 0 Å². The van der Waals surface area contributed by atoms with Crippen molar-refractivity contribution in [1.82, 2.24) is 0 Å². The van der Waals surface area contributed by atoms with Crippen LogP contribution in [0.3, 0.4) is 0 Å². The van der Waals surface area contributed by atoms with Crippen molar-refractivity contribution in [3.63, 3.8) is 0 Å². The molecule has 1 aromatic carbocycles. The molecule has 0 amide bonds. The molecule has 1 radical (unpaired) electrons. The molecule has 0 spiro atoms. The van der Waals surface area contributed by atoms with E-state index in [1.807, 2.05) is 24.3 Å². The lowest BCUT2D eigenvalue weighted by molar-refractivity contribution is 1.71. The van der Waals surface area contributed by atoms with Crippen LogP contribution in [0.4, 0.5) is 0 Å². The Kier molecular flexibility index (Phi) is 3.23. The fraction of sp³-hybridized carbons (Fsp3) is 0. The van der Waals surface area contributed by atoms with E-state index in [0.717, 1.165) is 9.66 Å². The SMILES string of the molecule is Cl[Si](Cl)c1ccccc1Br. The maximum Gasteiger partial charge on any atom is 0.308 e. The third-order valence-electron chi connectivity index (χ3n) is 1.08. The molecule has 0 atom stereocenters. The summed E-state index contributed by atoms with van der Waals surface area (Å²) in [5, 5.41) is 1.01. The molecule has 0 bridgehead atoms. The highest BCUT2D eigenvalue weighted by molar-refractivity contribution is 9.10. The van der Waals surface area contributed by atoms with Gasteiger partial charge in [0.1, 0.15) is 0 Å². The van der Waals surface area contributed by atoms with Crippen molar-refractivity contribution in [3.05, 3.63) is 28.7 Å². The number of hydrogen-bond acceptors (Lipinski definition) is 0. The predicted octanol–water partition coefficient (Wildman–Crippen LogP) is 2.62. The number of hydrogen-bond donors (Lipinski definition) is 0. The van der Waals surface area contributed by atoms with Gasteiger partial charge in [-0.1, -0.05) is 34.1 Å². The Bertz CT molecular complexity index is 227. The lowest BCUT2D eigenvalue weighted by Crippen LogP contribution is -2.18. The fourth-order valence-electron chi connectivity index (χ4n) is 0.614. The molecule has 4 heteroatoms. The van der Waals surface area contributed by atoms with Crippen LogP contribution in [0.5, 0.6) is 0 Å². The number of benzene rings is 1. The summed E-state index contributed by atoms with van der Waals surface area (Å²) >= 11 is 14.8. The van der Waals surface area contributed by atoms with Crippen molar-refractivity contribution in [2.24, 2.45) is 0 Å². The van der Waals surface area contributed by atoms with Gasteiger partial charge in [0, 0.05) is 4.47 Å². The molecule has 0 saturated carbocycles. The summed E-state index contributed by atoms with van der Waals surface area (Å²) in [7, 11) is -1.34. The molecule has 10 heavy (non-hydrogen) atoms. The Hall–Kier alpha value is 0.497. The van der Waals surface area contributed by atoms with E-state index < -0.39 is 7.42 Å². The molecule has 0 fully saturated rings. The lowest BCUT2D eigenvalue weighted by Gasteiger charge is -1.99. The predicted molar refractivity (Wildman–Crippen MR) is 51.2 cm³/mol. The minimum atomic E-state index is -1.34. The van der Waals surface area contributed by atoms with E-state index in [4.69, 9.17) is 22.2 Å². The van der Waals surface area contributed by atoms with Gasteiger partial charge in [-0.3, -0.25) is 0 Å². The zero-order chi connectivity index (χ0) is 7.56. The number of rotatable bonds is 1. The second-order valence-electron chi connectivity index (χ2n) is 1.74. The van der Waals surface area contributed by atoms with Crippen LogP contribution in [0.1, 0.15) is 0 Å². The Morgan fingerprint density at radius 3 is 2.20 bits per heavy atom. The summed E-state index contributed by atoms with van der Waals surface area (Å²) in [5.74, 6) is 0. The van der Waals surface area contributed by atoms with E-state index in [1.54, 1.807) is 0 Å². The zero-order valence-corrected chi connectivity index (χ0v) is 9.04. The van der Waals surface area contributed by atoms with Gasteiger partial charge in [0.2, 0.25) is 0 Å². The topological polar surface area (TPSA) is 0 Å².